The molecule has 0 fully saturated rings. The van der Waals surface area contributed by atoms with Crippen LogP contribution in [0.3, 0.4) is 0 Å². The number of benzene rings is 3. The van der Waals surface area contributed by atoms with Crippen LogP contribution in [0.2, 0.25) is 10.0 Å². The fraction of sp³-hybridized carbons (Fsp3) is 0.0455. The molecule has 1 aliphatic rings. The van der Waals surface area contributed by atoms with Crippen molar-refractivity contribution < 1.29 is 14.0 Å². The van der Waals surface area contributed by atoms with Crippen molar-refractivity contribution in [3.8, 4) is 0 Å². The van der Waals surface area contributed by atoms with Crippen molar-refractivity contribution in [2.45, 2.75) is 0 Å². The van der Waals surface area contributed by atoms with Crippen molar-refractivity contribution in [2.24, 2.45) is 9.98 Å². The van der Waals surface area contributed by atoms with Crippen molar-refractivity contribution in [3.63, 3.8) is 0 Å². The maximum atomic E-state index is 13.3. The standard InChI is InChI=1S/C22H15Cl2FN4O2/c23-13-8-9-19-17(10-13)21(16-6-1-2-7-18(16)24)26-12-20(28-19)29-31-22(30)27-15-5-3-4-14(25)11-15/h1-11H,12H2,(H,27,30)(H,28,29). The Bertz CT molecular complexity index is 1210. The van der Waals surface area contributed by atoms with Crippen LogP contribution in [0.5, 0.6) is 0 Å². The number of aliphatic imine (C=N–C) groups is 2. The van der Waals surface area contributed by atoms with Crippen LogP contribution >= 0.6 is 23.2 Å². The van der Waals surface area contributed by atoms with Gasteiger partial charge in [-0.2, -0.15) is 0 Å². The Morgan fingerprint density at radius 1 is 1.00 bits per heavy atom. The van der Waals surface area contributed by atoms with Crippen LogP contribution in [0, 0.1) is 5.82 Å². The van der Waals surface area contributed by atoms with Crippen LogP contribution in [0.1, 0.15) is 11.1 Å². The van der Waals surface area contributed by atoms with Gasteiger partial charge in [0.1, 0.15) is 12.4 Å². The molecule has 0 aromatic heterocycles. The Balaban J connectivity index is 1.56. The first kappa shape index (κ1) is 20.8. The summed E-state index contributed by atoms with van der Waals surface area (Å²) in [5, 5.41) is 3.48. The van der Waals surface area contributed by atoms with E-state index in [9.17, 15) is 9.18 Å². The molecule has 156 valence electrons. The van der Waals surface area contributed by atoms with E-state index in [4.69, 9.17) is 28.0 Å². The molecule has 0 spiro atoms. The number of carbonyl (C=O) groups is 1. The number of rotatable bonds is 2. The van der Waals surface area contributed by atoms with E-state index in [0.29, 0.717) is 32.8 Å². The number of hydroxylamine groups is 1. The number of anilines is 1. The third-order valence-corrected chi connectivity index (χ3v) is 4.88. The molecular weight excluding hydrogens is 442 g/mol. The first-order valence-electron chi connectivity index (χ1n) is 9.16. The van der Waals surface area contributed by atoms with Crippen molar-refractivity contribution in [3.05, 3.63) is 93.7 Å². The Kier molecular flexibility index (Phi) is 6.16. The summed E-state index contributed by atoms with van der Waals surface area (Å²) in [5.41, 5.74) is 5.39. The summed E-state index contributed by atoms with van der Waals surface area (Å²) in [6.07, 6.45) is -0.829. The molecule has 31 heavy (non-hydrogen) atoms. The van der Waals surface area contributed by atoms with E-state index >= 15 is 0 Å². The number of amidine groups is 1. The molecule has 3 aromatic carbocycles. The van der Waals surface area contributed by atoms with Crippen molar-refractivity contribution >= 4 is 52.2 Å². The molecule has 4 rings (SSSR count). The second-order valence-corrected chi connectivity index (χ2v) is 7.34. The van der Waals surface area contributed by atoms with Crippen LogP contribution in [0.25, 0.3) is 0 Å². The molecule has 1 aliphatic heterocycles. The van der Waals surface area contributed by atoms with E-state index in [1.165, 1.54) is 24.3 Å². The third-order valence-electron chi connectivity index (χ3n) is 4.32. The van der Waals surface area contributed by atoms with E-state index in [0.717, 1.165) is 5.56 Å². The van der Waals surface area contributed by atoms with Crippen LogP contribution in [-0.4, -0.2) is 24.2 Å². The fourth-order valence-corrected chi connectivity index (χ4v) is 3.37. The molecule has 0 saturated carbocycles. The molecule has 0 unspecified atom stereocenters. The van der Waals surface area contributed by atoms with Gasteiger partial charge in [0, 0.05) is 26.9 Å². The van der Waals surface area contributed by atoms with Gasteiger partial charge in [-0.1, -0.05) is 47.5 Å². The van der Waals surface area contributed by atoms with Gasteiger partial charge in [0.2, 0.25) is 0 Å². The lowest BCUT2D eigenvalue weighted by Gasteiger charge is -2.10. The van der Waals surface area contributed by atoms with E-state index in [1.807, 2.05) is 18.2 Å². The number of halogens is 3. The zero-order valence-electron chi connectivity index (χ0n) is 15.9. The lowest BCUT2D eigenvalue weighted by atomic mass is 10.0. The Morgan fingerprint density at radius 2 is 1.84 bits per heavy atom. The Morgan fingerprint density at radius 3 is 2.65 bits per heavy atom. The molecule has 1 amide bonds. The highest BCUT2D eigenvalue weighted by atomic mass is 35.5. The predicted molar refractivity (Wildman–Crippen MR) is 120 cm³/mol. The van der Waals surface area contributed by atoms with Gasteiger partial charge in [-0.25, -0.2) is 19.7 Å². The SMILES string of the molecule is O=C(Nc1cccc(F)c1)ONC1=Nc2ccc(Cl)cc2C(c2ccccc2Cl)=NC1. The number of amides is 1. The highest BCUT2D eigenvalue weighted by Gasteiger charge is 2.19. The summed E-state index contributed by atoms with van der Waals surface area (Å²) in [5.74, 6) is -0.185. The van der Waals surface area contributed by atoms with Crippen LogP contribution in [0.4, 0.5) is 20.6 Å². The number of hydrogen-bond donors (Lipinski definition) is 2. The molecule has 6 nitrogen and oxygen atoms in total. The smallest absolute Gasteiger partial charge is 0.323 e. The third kappa shape index (κ3) is 5.02. The zero-order chi connectivity index (χ0) is 21.8. The lowest BCUT2D eigenvalue weighted by Crippen LogP contribution is -2.31. The molecular formula is C22H15Cl2FN4O2. The van der Waals surface area contributed by atoms with Gasteiger partial charge in [0.25, 0.3) is 0 Å². The Hall–Kier alpha value is -3.42. The minimum atomic E-state index is -0.829. The summed E-state index contributed by atoms with van der Waals surface area (Å²) < 4.78 is 13.3. The van der Waals surface area contributed by atoms with Crippen LogP contribution < -0.4 is 10.8 Å². The average molecular weight is 457 g/mol. The normalized spacial score (nSPS) is 12.7. The van der Waals surface area contributed by atoms with Crippen molar-refractivity contribution in [1.82, 2.24) is 5.48 Å². The number of nitrogens with zero attached hydrogens (tertiary/aromatic N) is 2. The number of fused-ring (bicyclic) bond motifs is 1. The van der Waals surface area contributed by atoms with E-state index in [2.05, 4.69) is 20.8 Å². The van der Waals surface area contributed by atoms with E-state index < -0.39 is 11.9 Å². The number of hydrogen-bond acceptors (Lipinski definition) is 5. The molecule has 0 atom stereocenters. The predicted octanol–water partition coefficient (Wildman–Crippen LogP) is 5.77. The van der Waals surface area contributed by atoms with Gasteiger partial charge in [-0.05, 0) is 42.5 Å². The largest absolute Gasteiger partial charge is 0.435 e. The number of carbonyl (C=O) groups excluding carboxylic acids is 1. The van der Waals surface area contributed by atoms with Crippen molar-refractivity contribution in [2.75, 3.05) is 11.9 Å². The van der Waals surface area contributed by atoms with Crippen LogP contribution in [-0.2, 0) is 4.84 Å². The van der Waals surface area contributed by atoms with Gasteiger partial charge in [0.05, 0.1) is 11.4 Å². The summed E-state index contributed by atoms with van der Waals surface area (Å²) in [4.78, 5) is 26.2. The van der Waals surface area contributed by atoms with Gasteiger partial charge >= 0.3 is 6.09 Å². The summed E-state index contributed by atoms with van der Waals surface area (Å²) in [7, 11) is 0. The summed E-state index contributed by atoms with van der Waals surface area (Å²) in [6, 6.07) is 18.0. The topological polar surface area (TPSA) is 75.1 Å². The first-order chi connectivity index (χ1) is 15.0. The van der Waals surface area contributed by atoms with E-state index in [-0.39, 0.29) is 12.2 Å². The van der Waals surface area contributed by atoms with E-state index in [1.54, 1.807) is 24.3 Å². The second-order valence-electron chi connectivity index (χ2n) is 6.49. The minimum absolute atomic E-state index is 0.0973. The van der Waals surface area contributed by atoms with Gasteiger partial charge in [-0.3, -0.25) is 10.3 Å². The molecule has 2 N–H and O–H groups in total. The van der Waals surface area contributed by atoms with Gasteiger partial charge in [0.15, 0.2) is 5.84 Å². The average Bonchev–Trinajstić information content (AvgIpc) is 2.92. The zero-order valence-corrected chi connectivity index (χ0v) is 17.4. The molecule has 0 bridgehead atoms. The molecule has 0 saturated heterocycles. The summed E-state index contributed by atoms with van der Waals surface area (Å²) >= 11 is 12.6. The van der Waals surface area contributed by atoms with Gasteiger partial charge < -0.3 is 4.84 Å². The molecule has 0 aliphatic carbocycles. The Labute approximate surface area is 187 Å². The minimum Gasteiger partial charge on any atom is -0.323 e. The van der Waals surface area contributed by atoms with Crippen molar-refractivity contribution in [1.29, 1.82) is 0 Å². The first-order valence-corrected chi connectivity index (χ1v) is 9.91. The molecule has 0 radical (unpaired) electrons. The molecule has 1 heterocycles. The quantitative estimate of drug-likeness (QED) is 0.480. The molecule has 9 heteroatoms. The fourth-order valence-electron chi connectivity index (χ4n) is 2.97. The monoisotopic (exact) mass is 456 g/mol. The van der Waals surface area contributed by atoms with Crippen LogP contribution in [0.15, 0.2) is 76.7 Å². The molecule has 3 aromatic rings. The summed E-state index contributed by atoms with van der Waals surface area (Å²) in [6.45, 7) is 0.0973. The maximum absolute atomic E-state index is 13.3. The highest BCUT2D eigenvalue weighted by molar-refractivity contribution is 6.36. The maximum Gasteiger partial charge on any atom is 0.435 e. The highest BCUT2D eigenvalue weighted by Crippen LogP contribution is 2.30. The lowest BCUT2D eigenvalue weighted by molar-refractivity contribution is 0.134. The number of nitrogens with one attached hydrogen (secondary N) is 2. The second kappa shape index (κ2) is 9.16. The van der Waals surface area contributed by atoms with Gasteiger partial charge in [-0.15, -0.1) is 0 Å².